The number of methoxy groups -OCH3 is 1. The number of anilines is 1. The van der Waals surface area contributed by atoms with E-state index >= 15 is 0 Å². The van der Waals surface area contributed by atoms with Gasteiger partial charge in [-0.2, -0.15) is 0 Å². The highest BCUT2D eigenvalue weighted by Gasteiger charge is 2.19. The first-order valence-electron chi connectivity index (χ1n) is 7.15. The van der Waals surface area contributed by atoms with Crippen LogP contribution >= 0.6 is 11.6 Å². The number of rotatable bonds is 3. The van der Waals surface area contributed by atoms with E-state index in [1.807, 2.05) is 13.0 Å². The number of hydrogen-bond donors (Lipinski definition) is 1. The normalized spacial score (nSPS) is 10.8. The average molecular weight is 330 g/mol. The van der Waals surface area contributed by atoms with Crippen molar-refractivity contribution in [2.24, 2.45) is 0 Å². The number of hydrogen-bond acceptors (Lipinski definition) is 3. The van der Waals surface area contributed by atoms with Crippen LogP contribution < -0.4 is 10.1 Å². The molecule has 0 unspecified atom stereocenters. The van der Waals surface area contributed by atoms with Gasteiger partial charge >= 0.3 is 0 Å². The van der Waals surface area contributed by atoms with Gasteiger partial charge in [0.1, 0.15) is 17.1 Å². The van der Waals surface area contributed by atoms with E-state index in [4.69, 9.17) is 20.8 Å². The quantitative estimate of drug-likeness (QED) is 0.738. The lowest BCUT2D eigenvalue weighted by Gasteiger charge is -2.09. The Labute approximate surface area is 139 Å². The Balaban J connectivity index is 2.03. The van der Waals surface area contributed by atoms with E-state index < -0.39 is 0 Å². The highest BCUT2D eigenvalue weighted by molar-refractivity contribution is 6.31. The first-order chi connectivity index (χ1) is 11.0. The minimum Gasteiger partial charge on any atom is -0.497 e. The maximum atomic E-state index is 12.7. The summed E-state index contributed by atoms with van der Waals surface area (Å²) < 4.78 is 10.9. The molecule has 1 heterocycles. The molecule has 23 heavy (non-hydrogen) atoms. The van der Waals surface area contributed by atoms with Gasteiger partial charge in [0.2, 0.25) is 0 Å². The lowest BCUT2D eigenvalue weighted by molar-refractivity contribution is 0.102. The van der Waals surface area contributed by atoms with E-state index in [0.29, 0.717) is 33.4 Å². The van der Waals surface area contributed by atoms with Crippen LogP contribution in [0.3, 0.4) is 0 Å². The zero-order valence-corrected chi connectivity index (χ0v) is 13.8. The lowest BCUT2D eigenvalue weighted by atomic mass is 10.1. The standard InChI is InChI=1S/C18H16ClNO3/c1-10-14(19)5-4-6-15(10)20-18(21)17-11(2)23-16-8-7-12(22-3)9-13(16)17/h4-9H,1-3H3,(H,20,21). The molecule has 1 amide bonds. The summed E-state index contributed by atoms with van der Waals surface area (Å²) in [6.07, 6.45) is 0. The smallest absolute Gasteiger partial charge is 0.259 e. The van der Waals surface area contributed by atoms with Crippen molar-refractivity contribution in [1.29, 1.82) is 0 Å². The predicted octanol–water partition coefficient (Wildman–Crippen LogP) is 4.96. The molecule has 0 fully saturated rings. The summed E-state index contributed by atoms with van der Waals surface area (Å²) in [4.78, 5) is 12.7. The van der Waals surface area contributed by atoms with E-state index in [-0.39, 0.29) is 5.91 Å². The van der Waals surface area contributed by atoms with Crippen molar-refractivity contribution >= 4 is 34.2 Å². The Bertz CT molecular complexity index is 899. The third kappa shape index (κ3) is 2.78. The molecule has 0 aliphatic carbocycles. The van der Waals surface area contributed by atoms with Crippen molar-refractivity contribution in [2.75, 3.05) is 12.4 Å². The molecule has 0 atom stereocenters. The Kier molecular flexibility index (Phi) is 4.01. The third-order valence-electron chi connectivity index (χ3n) is 3.81. The van der Waals surface area contributed by atoms with Crippen molar-refractivity contribution < 1.29 is 13.9 Å². The van der Waals surface area contributed by atoms with Gasteiger partial charge in [-0.3, -0.25) is 4.79 Å². The Morgan fingerprint density at radius 2 is 2.00 bits per heavy atom. The molecule has 5 heteroatoms. The number of carbonyl (C=O) groups excluding carboxylic acids is 1. The Morgan fingerprint density at radius 1 is 1.22 bits per heavy atom. The number of ether oxygens (including phenoxy) is 1. The van der Waals surface area contributed by atoms with Crippen molar-refractivity contribution in [3.05, 3.63) is 58.3 Å². The van der Waals surface area contributed by atoms with Crippen LogP contribution in [0.2, 0.25) is 5.02 Å². The molecular weight excluding hydrogens is 314 g/mol. The zero-order chi connectivity index (χ0) is 16.6. The van der Waals surface area contributed by atoms with Crippen LogP contribution in [0.5, 0.6) is 5.75 Å². The second-order valence-electron chi connectivity index (χ2n) is 5.26. The highest BCUT2D eigenvalue weighted by Crippen LogP contribution is 2.30. The van der Waals surface area contributed by atoms with Crippen LogP contribution in [0.15, 0.2) is 40.8 Å². The van der Waals surface area contributed by atoms with E-state index in [1.54, 1.807) is 44.4 Å². The summed E-state index contributed by atoms with van der Waals surface area (Å²) in [5.41, 5.74) is 2.65. The molecular formula is C18H16ClNO3. The van der Waals surface area contributed by atoms with Crippen molar-refractivity contribution in [2.45, 2.75) is 13.8 Å². The molecule has 1 aromatic heterocycles. The van der Waals surface area contributed by atoms with Crippen LogP contribution in [-0.4, -0.2) is 13.0 Å². The summed E-state index contributed by atoms with van der Waals surface area (Å²) in [5, 5.41) is 4.23. The van der Waals surface area contributed by atoms with E-state index in [2.05, 4.69) is 5.32 Å². The van der Waals surface area contributed by atoms with E-state index in [9.17, 15) is 4.79 Å². The average Bonchev–Trinajstić information content (AvgIpc) is 2.86. The number of benzene rings is 2. The maximum absolute atomic E-state index is 12.7. The summed E-state index contributed by atoms with van der Waals surface area (Å²) in [5.74, 6) is 0.997. The highest BCUT2D eigenvalue weighted by atomic mass is 35.5. The molecule has 0 radical (unpaired) electrons. The van der Waals surface area contributed by atoms with Gasteiger partial charge in [-0.1, -0.05) is 17.7 Å². The van der Waals surface area contributed by atoms with Crippen LogP contribution in [0.1, 0.15) is 21.7 Å². The second-order valence-corrected chi connectivity index (χ2v) is 5.67. The fourth-order valence-corrected chi connectivity index (χ4v) is 2.71. The molecule has 0 saturated heterocycles. The topological polar surface area (TPSA) is 51.5 Å². The molecule has 118 valence electrons. The largest absolute Gasteiger partial charge is 0.497 e. The summed E-state index contributed by atoms with van der Waals surface area (Å²) in [6.45, 7) is 3.63. The number of halogens is 1. The second kappa shape index (κ2) is 5.97. The molecule has 0 bridgehead atoms. The third-order valence-corrected chi connectivity index (χ3v) is 4.22. The number of carbonyl (C=O) groups is 1. The molecule has 0 aliphatic heterocycles. The van der Waals surface area contributed by atoms with Gasteiger partial charge in [0, 0.05) is 16.1 Å². The Hall–Kier alpha value is -2.46. The first kappa shape index (κ1) is 15.4. The van der Waals surface area contributed by atoms with Crippen LogP contribution in [0.4, 0.5) is 5.69 Å². The molecule has 0 saturated carbocycles. The maximum Gasteiger partial charge on any atom is 0.259 e. The first-order valence-corrected chi connectivity index (χ1v) is 7.52. The number of amides is 1. The Morgan fingerprint density at radius 3 is 2.74 bits per heavy atom. The van der Waals surface area contributed by atoms with Gasteiger partial charge in [0.15, 0.2) is 0 Å². The molecule has 2 aromatic carbocycles. The van der Waals surface area contributed by atoms with Gasteiger partial charge in [0.05, 0.1) is 12.7 Å². The number of fused-ring (bicyclic) bond motifs is 1. The fraction of sp³-hybridized carbons (Fsp3) is 0.167. The molecule has 1 N–H and O–H groups in total. The summed E-state index contributed by atoms with van der Waals surface area (Å²) in [6, 6.07) is 10.8. The van der Waals surface area contributed by atoms with E-state index in [0.717, 1.165) is 10.9 Å². The molecule has 0 spiro atoms. The lowest BCUT2D eigenvalue weighted by Crippen LogP contribution is -2.13. The number of furan rings is 1. The van der Waals surface area contributed by atoms with Gasteiger partial charge < -0.3 is 14.5 Å². The van der Waals surface area contributed by atoms with Crippen LogP contribution in [-0.2, 0) is 0 Å². The van der Waals surface area contributed by atoms with Crippen molar-refractivity contribution in [1.82, 2.24) is 0 Å². The van der Waals surface area contributed by atoms with Gasteiger partial charge in [-0.05, 0) is 49.7 Å². The number of nitrogens with one attached hydrogen (secondary N) is 1. The van der Waals surface area contributed by atoms with Crippen LogP contribution in [0.25, 0.3) is 11.0 Å². The minimum absolute atomic E-state index is 0.236. The van der Waals surface area contributed by atoms with Gasteiger partial charge in [-0.15, -0.1) is 0 Å². The minimum atomic E-state index is -0.236. The van der Waals surface area contributed by atoms with Crippen LogP contribution in [0, 0.1) is 13.8 Å². The predicted molar refractivity (Wildman–Crippen MR) is 91.6 cm³/mol. The molecule has 3 rings (SSSR count). The zero-order valence-electron chi connectivity index (χ0n) is 13.1. The SMILES string of the molecule is COc1ccc2oc(C)c(C(=O)Nc3cccc(Cl)c3C)c2c1. The summed E-state index contributed by atoms with van der Waals surface area (Å²) >= 11 is 6.10. The van der Waals surface area contributed by atoms with E-state index in [1.165, 1.54) is 0 Å². The van der Waals surface area contributed by atoms with Crippen molar-refractivity contribution in [3.63, 3.8) is 0 Å². The van der Waals surface area contributed by atoms with Gasteiger partial charge in [0.25, 0.3) is 5.91 Å². The van der Waals surface area contributed by atoms with Gasteiger partial charge in [-0.25, -0.2) is 0 Å². The summed E-state index contributed by atoms with van der Waals surface area (Å²) in [7, 11) is 1.59. The molecule has 3 aromatic rings. The molecule has 0 aliphatic rings. The monoisotopic (exact) mass is 329 g/mol. The van der Waals surface area contributed by atoms with Crippen molar-refractivity contribution in [3.8, 4) is 5.75 Å². The molecule has 4 nitrogen and oxygen atoms in total. The number of aryl methyl sites for hydroxylation is 1. The fourth-order valence-electron chi connectivity index (χ4n) is 2.54.